The minimum absolute atomic E-state index is 0.0806. The van der Waals surface area contributed by atoms with Crippen LogP contribution >= 0.6 is 0 Å². The Labute approximate surface area is 118 Å². The summed E-state index contributed by atoms with van der Waals surface area (Å²) in [4.78, 5) is 11.4. The van der Waals surface area contributed by atoms with Crippen molar-refractivity contribution in [1.29, 1.82) is 0 Å². The zero-order valence-electron chi connectivity index (χ0n) is 11.6. The van der Waals surface area contributed by atoms with Gasteiger partial charge in [-0.3, -0.25) is 0 Å². The number of amides is 1. The highest BCUT2D eigenvalue weighted by Crippen LogP contribution is 2.30. The molecule has 1 spiro atoms. The summed E-state index contributed by atoms with van der Waals surface area (Å²) < 4.78 is 43.1. The van der Waals surface area contributed by atoms with Gasteiger partial charge < -0.3 is 14.2 Å². The van der Waals surface area contributed by atoms with E-state index in [2.05, 4.69) is 0 Å². The van der Waals surface area contributed by atoms with Crippen molar-refractivity contribution in [2.45, 2.75) is 38.6 Å². The summed E-state index contributed by atoms with van der Waals surface area (Å²) in [5.74, 6) is -0.866. The first-order valence-corrected chi connectivity index (χ1v) is 8.03. The fraction of sp³-hybridized carbons (Fsp3) is 0.909. The number of carbonyl (C=O) groups excluding carboxylic acids is 1. The predicted molar refractivity (Wildman–Crippen MR) is 69.1 cm³/mol. The lowest BCUT2D eigenvalue weighted by molar-refractivity contribution is -0.179. The molecule has 0 radical (unpaired) electrons. The fourth-order valence-corrected chi connectivity index (χ4v) is 3.42. The van der Waals surface area contributed by atoms with Gasteiger partial charge in [-0.15, -0.1) is 0 Å². The van der Waals surface area contributed by atoms with Gasteiger partial charge in [0.15, 0.2) is 5.79 Å². The minimum Gasteiger partial charge on any atom is -0.446 e. The molecule has 116 valence electrons. The van der Waals surface area contributed by atoms with Gasteiger partial charge in [0.1, 0.15) is 0 Å². The third-order valence-electron chi connectivity index (χ3n) is 3.09. The summed E-state index contributed by atoms with van der Waals surface area (Å²) in [7, 11) is -3.94. The molecule has 0 saturated carbocycles. The molecule has 2 aliphatic rings. The zero-order valence-corrected chi connectivity index (χ0v) is 12.4. The molecule has 0 aromatic heterocycles. The lowest BCUT2D eigenvalue weighted by Crippen LogP contribution is -2.54. The lowest BCUT2D eigenvalue weighted by atomic mass is 10.1. The van der Waals surface area contributed by atoms with E-state index >= 15 is 0 Å². The molecule has 2 heterocycles. The third-order valence-corrected chi connectivity index (χ3v) is 4.51. The summed E-state index contributed by atoms with van der Waals surface area (Å²) >= 11 is 0. The van der Waals surface area contributed by atoms with Gasteiger partial charge in [0, 0.05) is 13.0 Å². The van der Waals surface area contributed by atoms with Crippen molar-refractivity contribution >= 4 is 16.3 Å². The molecular formula is C11H20N2O6S. The second-order valence-corrected chi connectivity index (χ2v) is 6.78. The van der Waals surface area contributed by atoms with Crippen LogP contribution in [0.2, 0.25) is 0 Å². The standard InChI is InChI=1S/C11H20N2O6S/c1-9(2)19-10(14)12-20(15,16)13-5-3-4-11(8-13)17-6-7-18-11/h9H,3-8H2,1-2H3,(H,12,14). The van der Waals surface area contributed by atoms with Crippen molar-refractivity contribution in [2.75, 3.05) is 26.3 Å². The van der Waals surface area contributed by atoms with Crippen LogP contribution in [0.5, 0.6) is 0 Å². The Morgan fingerprint density at radius 1 is 1.35 bits per heavy atom. The Hall–Kier alpha value is -0.900. The second-order valence-electron chi connectivity index (χ2n) is 5.11. The molecule has 20 heavy (non-hydrogen) atoms. The first kappa shape index (κ1) is 15.5. The summed E-state index contributed by atoms with van der Waals surface area (Å²) in [5.41, 5.74) is 0. The predicted octanol–water partition coefficient (Wildman–Crippen LogP) is 0.205. The summed E-state index contributed by atoms with van der Waals surface area (Å²) in [6.45, 7) is 4.59. The van der Waals surface area contributed by atoms with Gasteiger partial charge in [0.25, 0.3) is 0 Å². The van der Waals surface area contributed by atoms with Crippen LogP contribution in [0.3, 0.4) is 0 Å². The number of carbonyl (C=O) groups is 1. The van der Waals surface area contributed by atoms with Crippen molar-refractivity contribution in [3.8, 4) is 0 Å². The average Bonchev–Trinajstić information content (AvgIpc) is 2.75. The van der Waals surface area contributed by atoms with Gasteiger partial charge in [0.05, 0.1) is 25.9 Å². The van der Waals surface area contributed by atoms with Crippen LogP contribution < -0.4 is 4.72 Å². The van der Waals surface area contributed by atoms with Crippen molar-refractivity contribution in [2.24, 2.45) is 0 Å². The number of piperidine rings is 1. The zero-order chi connectivity index (χ0) is 14.8. The topological polar surface area (TPSA) is 94.2 Å². The molecule has 1 N–H and O–H groups in total. The first-order valence-electron chi connectivity index (χ1n) is 6.59. The van der Waals surface area contributed by atoms with Crippen molar-refractivity contribution in [1.82, 2.24) is 9.03 Å². The molecule has 2 saturated heterocycles. The van der Waals surface area contributed by atoms with Gasteiger partial charge in [-0.25, -0.2) is 9.52 Å². The molecule has 2 rings (SSSR count). The van der Waals surface area contributed by atoms with E-state index in [1.807, 2.05) is 4.72 Å². The van der Waals surface area contributed by atoms with Gasteiger partial charge in [-0.1, -0.05) is 0 Å². The largest absolute Gasteiger partial charge is 0.446 e. The van der Waals surface area contributed by atoms with Crippen molar-refractivity contribution in [3.05, 3.63) is 0 Å². The van der Waals surface area contributed by atoms with E-state index in [0.717, 1.165) is 4.31 Å². The van der Waals surface area contributed by atoms with Crippen LogP contribution in [0.4, 0.5) is 4.79 Å². The maximum Gasteiger partial charge on any atom is 0.422 e. The number of rotatable bonds is 3. The van der Waals surface area contributed by atoms with E-state index in [-0.39, 0.29) is 12.6 Å². The molecule has 2 fully saturated rings. The molecule has 0 aromatic carbocycles. The van der Waals surface area contributed by atoms with Crippen LogP contribution in [0.1, 0.15) is 26.7 Å². The van der Waals surface area contributed by atoms with Gasteiger partial charge in [-0.05, 0) is 20.3 Å². The van der Waals surface area contributed by atoms with Crippen LogP contribution in [0.25, 0.3) is 0 Å². The monoisotopic (exact) mass is 308 g/mol. The van der Waals surface area contributed by atoms with E-state index in [1.165, 1.54) is 0 Å². The first-order chi connectivity index (χ1) is 9.33. The molecule has 0 aromatic rings. The smallest absolute Gasteiger partial charge is 0.422 e. The quantitative estimate of drug-likeness (QED) is 0.800. The molecule has 8 nitrogen and oxygen atoms in total. The van der Waals surface area contributed by atoms with Crippen LogP contribution in [-0.2, 0) is 24.4 Å². The van der Waals surface area contributed by atoms with Crippen molar-refractivity contribution in [3.63, 3.8) is 0 Å². The van der Waals surface area contributed by atoms with E-state index in [9.17, 15) is 13.2 Å². The number of ether oxygens (including phenoxy) is 3. The van der Waals surface area contributed by atoms with Crippen LogP contribution in [0, 0.1) is 0 Å². The number of hydrogen-bond acceptors (Lipinski definition) is 6. The second kappa shape index (κ2) is 5.84. The normalized spacial score (nSPS) is 23.1. The summed E-state index contributed by atoms with van der Waals surface area (Å²) in [6.07, 6.45) is -0.109. The fourth-order valence-electron chi connectivity index (χ4n) is 2.30. The molecule has 0 atom stereocenters. The maximum atomic E-state index is 12.1. The van der Waals surface area contributed by atoms with E-state index in [4.69, 9.17) is 14.2 Å². The Balaban J connectivity index is 2.00. The van der Waals surface area contributed by atoms with Crippen LogP contribution in [-0.4, -0.2) is 57.0 Å². The summed E-state index contributed by atoms with van der Waals surface area (Å²) in [6, 6.07) is 0. The van der Waals surface area contributed by atoms with E-state index in [0.29, 0.717) is 32.6 Å². The summed E-state index contributed by atoms with van der Waals surface area (Å²) in [5, 5.41) is 0. The highest BCUT2D eigenvalue weighted by atomic mass is 32.2. The van der Waals surface area contributed by atoms with E-state index in [1.54, 1.807) is 13.8 Å². The van der Waals surface area contributed by atoms with Crippen molar-refractivity contribution < 1.29 is 27.4 Å². The Kier molecular flexibility index (Phi) is 4.52. The highest BCUT2D eigenvalue weighted by molar-refractivity contribution is 7.87. The third kappa shape index (κ3) is 3.60. The maximum absolute atomic E-state index is 12.1. The number of nitrogens with one attached hydrogen (secondary N) is 1. The minimum atomic E-state index is -3.94. The number of nitrogens with zero attached hydrogens (tertiary/aromatic N) is 1. The molecule has 2 aliphatic heterocycles. The molecule has 9 heteroatoms. The Bertz CT molecular complexity index is 458. The van der Waals surface area contributed by atoms with Gasteiger partial charge in [-0.2, -0.15) is 12.7 Å². The average molecular weight is 308 g/mol. The van der Waals surface area contributed by atoms with Crippen LogP contribution in [0.15, 0.2) is 0 Å². The molecule has 0 aliphatic carbocycles. The Morgan fingerprint density at radius 3 is 2.60 bits per heavy atom. The van der Waals surface area contributed by atoms with Gasteiger partial charge in [0.2, 0.25) is 0 Å². The van der Waals surface area contributed by atoms with Gasteiger partial charge >= 0.3 is 16.3 Å². The molecule has 0 unspecified atom stereocenters. The lowest BCUT2D eigenvalue weighted by Gasteiger charge is -2.37. The van der Waals surface area contributed by atoms with E-state index < -0.39 is 22.1 Å². The molecular weight excluding hydrogens is 288 g/mol. The Morgan fingerprint density at radius 2 is 2.00 bits per heavy atom. The molecule has 0 bridgehead atoms. The molecule has 1 amide bonds. The highest BCUT2D eigenvalue weighted by Gasteiger charge is 2.44. The number of hydrogen-bond donors (Lipinski definition) is 1. The SMILES string of the molecule is CC(C)OC(=O)NS(=O)(=O)N1CCCC2(C1)OCCO2.